The van der Waals surface area contributed by atoms with Crippen LogP contribution in [0.3, 0.4) is 0 Å². The molecule has 0 atom stereocenters. The number of methoxy groups -OCH3 is 1. The molecule has 6 heteroatoms. The Morgan fingerprint density at radius 3 is 2.50 bits per heavy atom. The van der Waals surface area contributed by atoms with Gasteiger partial charge in [0.05, 0.1) is 7.11 Å². The Morgan fingerprint density at radius 1 is 1.15 bits per heavy atom. The van der Waals surface area contributed by atoms with Crippen LogP contribution in [0.1, 0.15) is 11.1 Å². The van der Waals surface area contributed by atoms with Gasteiger partial charge in [-0.2, -0.15) is 0 Å². The van der Waals surface area contributed by atoms with Crippen molar-refractivity contribution in [3.63, 3.8) is 0 Å². The van der Waals surface area contributed by atoms with Crippen molar-refractivity contribution in [3.8, 4) is 5.88 Å². The molecule has 0 spiro atoms. The summed E-state index contributed by atoms with van der Waals surface area (Å²) >= 11 is 0. The highest BCUT2D eigenvalue weighted by Crippen LogP contribution is 2.15. The second-order valence-corrected chi connectivity index (χ2v) is 4.15. The van der Waals surface area contributed by atoms with Crippen LogP contribution >= 0.6 is 0 Å². The molecule has 1 heterocycles. The summed E-state index contributed by atoms with van der Waals surface area (Å²) in [6.45, 7) is 0.615. The molecular weight excluding hydrogens is 269 g/mol. The van der Waals surface area contributed by atoms with E-state index in [0.29, 0.717) is 18.0 Å². The lowest BCUT2D eigenvalue weighted by atomic mass is 10.2. The molecule has 1 aromatic heterocycles. The maximum absolute atomic E-state index is 13.0. The molecular formula is C14H13F3N2O. The normalized spacial score (nSPS) is 10.6. The summed E-state index contributed by atoms with van der Waals surface area (Å²) in [7, 11) is 1.51. The van der Waals surface area contributed by atoms with Crippen LogP contribution in [0.15, 0.2) is 30.5 Å². The number of pyridine rings is 1. The van der Waals surface area contributed by atoms with E-state index in [4.69, 9.17) is 4.74 Å². The molecule has 2 aromatic rings. The molecule has 106 valence electrons. The smallest absolute Gasteiger partial charge is 0.217 e. The Labute approximate surface area is 114 Å². The first-order valence-corrected chi connectivity index (χ1v) is 5.94. The van der Waals surface area contributed by atoms with Gasteiger partial charge in [-0.25, -0.2) is 18.2 Å². The molecule has 0 bridgehead atoms. The second-order valence-electron chi connectivity index (χ2n) is 4.15. The molecule has 20 heavy (non-hydrogen) atoms. The van der Waals surface area contributed by atoms with Crippen molar-refractivity contribution in [2.24, 2.45) is 0 Å². The first-order chi connectivity index (χ1) is 9.61. The predicted octanol–water partition coefficient (Wildman–Crippen LogP) is 2.80. The summed E-state index contributed by atoms with van der Waals surface area (Å²) < 4.78 is 44.0. The highest BCUT2D eigenvalue weighted by molar-refractivity contribution is 5.25. The van der Waals surface area contributed by atoms with Crippen molar-refractivity contribution in [2.75, 3.05) is 7.11 Å². The van der Waals surface area contributed by atoms with Crippen LogP contribution < -0.4 is 10.1 Å². The van der Waals surface area contributed by atoms with Crippen molar-refractivity contribution in [1.29, 1.82) is 0 Å². The fourth-order valence-electron chi connectivity index (χ4n) is 1.79. The number of nitrogens with zero attached hydrogens (tertiary/aromatic N) is 1. The van der Waals surface area contributed by atoms with Crippen LogP contribution in [-0.2, 0) is 13.1 Å². The highest BCUT2D eigenvalue weighted by atomic mass is 19.2. The van der Waals surface area contributed by atoms with Crippen molar-refractivity contribution in [2.45, 2.75) is 13.1 Å². The fourth-order valence-corrected chi connectivity index (χ4v) is 1.79. The van der Waals surface area contributed by atoms with E-state index in [1.165, 1.54) is 7.11 Å². The van der Waals surface area contributed by atoms with E-state index >= 15 is 0 Å². The maximum Gasteiger partial charge on any atom is 0.217 e. The minimum absolute atomic E-state index is 0.201. The molecule has 0 aliphatic rings. The molecule has 3 nitrogen and oxygen atoms in total. The average Bonchev–Trinajstić information content (AvgIpc) is 2.45. The van der Waals surface area contributed by atoms with Crippen molar-refractivity contribution in [1.82, 2.24) is 10.3 Å². The van der Waals surface area contributed by atoms with Crippen molar-refractivity contribution >= 4 is 0 Å². The van der Waals surface area contributed by atoms with Gasteiger partial charge < -0.3 is 10.1 Å². The lowest BCUT2D eigenvalue weighted by Crippen LogP contribution is -2.14. The molecule has 2 rings (SSSR count). The lowest BCUT2D eigenvalue weighted by Gasteiger charge is -2.09. The number of halogens is 3. The molecule has 0 fully saturated rings. The quantitative estimate of drug-likeness (QED) is 0.856. The minimum Gasteiger partial charge on any atom is -0.481 e. The fraction of sp³-hybridized carbons (Fsp3) is 0.214. The van der Waals surface area contributed by atoms with Crippen LogP contribution in [0.2, 0.25) is 0 Å². The average molecular weight is 282 g/mol. The highest BCUT2D eigenvalue weighted by Gasteiger charge is 2.10. The molecule has 0 unspecified atom stereocenters. The van der Waals surface area contributed by atoms with Gasteiger partial charge in [0.25, 0.3) is 0 Å². The molecule has 0 radical (unpaired) electrons. The summed E-state index contributed by atoms with van der Waals surface area (Å²) in [5.41, 5.74) is 1.14. The van der Waals surface area contributed by atoms with Crippen LogP contribution in [0.5, 0.6) is 5.88 Å². The monoisotopic (exact) mass is 282 g/mol. The number of nitrogens with one attached hydrogen (secondary N) is 1. The van der Waals surface area contributed by atoms with E-state index in [1.54, 1.807) is 12.3 Å². The van der Waals surface area contributed by atoms with Gasteiger partial charge in [0.2, 0.25) is 5.88 Å². The van der Waals surface area contributed by atoms with E-state index in [0.717, 1.165) is 17.7 Å². The zero-order valence-corrected chi connectivity index (χ0v) is 10.8. The Hall–Kier alpha value is -2.08. The first-order valence-electron chi connectivity index (χ1n) is 5.94. The topological polar surface area (TPSA) is 34.1 Å². The van der Waals surface area contributed by atoms with Gasteiger partial charge in [0.1, 0.15) is 0 Å². The summed E-state index contributed by atoms with van der Waals surface area (Å²) in [5.74, 6) is -3.36. The Bertz CT molecular complexity index is 582. The third kappa shape index (κ3) is 3.27. The zero-order chi connectivity index (χ0) is 14.5. The summed E-state index contributed by atoms with van der Waals surface area (Å²) in [4.78, 5) is 4.03. The third-order valence-electron chi connectivity index (χ3n) is 2.73. The van der Waals surface area contributed by atoms with Gasteiger partial charge in [-0.05, 0) is 23.8 Å². The molecule has 0 amide bonds. The second kappa shape index (κ2) is 6.38. The van der Waals surface area contributed by atoms with Crippen molar-refractivity contribution < 1.29 is 17.9 Å². The van der Waals surface area contributed by atoms with Gasteiger partial charge >= 0.3 is 0 Å². The lowest BCUT2D eigenvalue weighted by molar-refractivity contribution is 0.390. The number of ether oxygens (including phenoxy) is 1. The molecule has 0 saturated carbocycles. The number of hydrogen-bond donors (Lipinski definition) is 1. The number of benzene rings is 1. The largest absolute Gasteiger partial charge is 0.481 e. The van der Waals surface area contributed by atoms with Crippen LogP contribution in [0, 0.1) is 17.5 Å². The first kappa shape index (κ1) is 14.3. The molecule has 1 aromatic carbocycles. The van der Waals surface area contributed by atoms with E-state index in [1.807, 2.05) is 6.07 Å². The van der Waals surface area contributed by atoms with E-state index < -0.39 is 17.5 Å². The van der Waals surface area contributed by atoms with E-state index in [2.05, 4.69) is 10.3 Å². The minimum atomic E-state index is -1.46. The van der Waals surface area contributed by atoms with Crippen LogP contribution in [0.4, 0.5) is 13.2 Å². The number of aromatic nitrogens is 1. The molecule has 0 aliphatic carbocycles. The standard InChI is InChI=1S/C14H13F3N2O/c1-20-14-10(3-2-4-19-14)8-18-7-9-5-11(15)13(17)12(16)6-9/h2-6,18H,7-8H2,1H3. The summed E-state index contributed by atoms with van der Waals surface area (Å²) in [6.07, 6.45) is 1.60. The zero-order valence-electron chi connectivity index (χ0n) is 10.8. The SMILES string of the molecule is COc1ncccc1CNCc1cc(F)c(F)c(F)c1. The molecule has 1 N–H and O–H groups in total. The number of hydrogen-bond acceptors (Lipinski definition) is 3. The number of rotatable bonds is 5. The van der Waals surface area contributed by atoms with E-state index in [-0.39, 0.29) is 6.54 Å². The Kier molecular flexibility index (Phi) is 4.57. The predicted molar refractivity (Wildman–Crippen MR) is 67.6 cm³/mol. The Balaban J connectivity index is 1.99. The van der Waals surface area contributed by atoms with Crippen molar-refractivity contribution in [3.05, 3.63) is 59.0 Å². The third-order valence-corrected chi connectivity index (χ3v) is 2.73. The molecule has 0 aliphatic heterocycles. The van der Waals surface area contributed by atoms with Crippen LogP contribution in [0.25, 0.3) is 0 Å². The van der Waals surface area contributed by atoms with Crippen LogP contribution in [-0.4, -0.2) is 12.1 Å². The maximum atomic E-state index is 13.0. The summed E-state index contributed by atoms with van der Waals surface area (Å²) in [5, 5.41) is 2.99. The van der Waals surface area contributed by atoms with Gasteiger partial charge in [-0.1, -0.05) is 6.07 Å². The Morgan fingerprint density at radius 2 is 1.85 bits per heavy atom. The van der Waals surface area contributed by atoms with E-state index in [9.17, 15) is 13.2 Å². The van der Waals surface area contributed by atoms with Gasteiger partial charge in [-0.15, -0.1) is 0 Å². The molecule has 0 saturated heterocycles. The van der Waals surface area contributed by atoms with Gasteiger partial charge in [-0.3, -0.25) is 0 Å². The van der Waals surface area contributed by atoms with Gasteiger partial charge in [0.15, 0.2) is 17.5 Å². The summed E-state index contributed by atoms with van der Waals surface area (Å²) in [6, 6.07) is 5.51. The van der Waals surface area contributed by atoms with Gasteiger partial charge in [0, 0.05) is 24.8 Å².